The highest BCUT2D eigenvalue weighted by Gasteiger charge is 2.23. The van der Waals surface area contributed by atoms with E-state index in [9.17, 15) is 14.7 Å². The number of nitrogens with one attached hydrogen (secondary N) is 1. The van der Waals surface area contributed by atoms with E-state index < -0.39 is 11.9 Å². The molecular formula is C16H20N4O3. The minimum absolute atomic E-state index is 0.0220. The summed E-state index contributed by atoms with van der Waals surface area (Å²) in [5.74, 6) is -0.599. The maximum absolute atomic E-state index is 12.5. The van der Waals surface area contributed by atoms with E-state index in [1.165, 1.54) is 18.5 Å². The van der Waals surface area contributed by atoms with Crippen LogP contribution in [0.5, 0.6) is 0 Å². The van der Waals surface area contributed by atoms with Crippen molar-refractivity contribution in [1.82, 2.24) is 20.1 Å². The Labute approximate surface area is 134 Å². The molecule has 0 unspecified atom stereocenters. The van der Waals surface area contributed by atoms with Crippen molar-refractivity contribution in [3.63, 3.8) is 0 Å². The van der Waals surface area contributed by atoms with Crippen LogP contribution >= 0.6 is 0 Å². The summed E-state index contributed by atoms with van der Waals surface area (Å²) in [6, 6.07) is 5.81. The maximum Gasteiger partial charge on any atom is 0.336 e. The van der Waals surface area contributed by atoms with Gasteiger partial charge in [0.15, 0.2) is 0 Å². The monoisotopic (exact) mass is 316 g/mol. The minimum Gasteiger partial charge on any atom is -0.478 e. The smallest absolute Gasteiger partial charge is 0.336 e. The van der Waals surface area contributed by atoms with E-state index >= 15 is 0 Å². The van der Waals surface area contributed by atoms with Crippen molar-refractivity contribution in [1.29, 1.82) is 0 Å². The van der Waals surface area contributed by atoms with Gasteiger partial charge in [-0.15, -0.1) is 0 Å². The van der Waals surface area contributed by atoms with Crippen LogP contribution in [0.1, 0.15) is 52.9 Å². The molecule has 23 heavy (non-hydrogen) atoms. The largest absolute Gasteiger partial charge is 0.478 e. The van der Waals surface area contributed by atoms with Crippen LogP contribution in [0.4, 0.5) is 0 Å². The molecule has 1 amide bonds. The van der Waals surface area contributed by atoms with Crippen molar-refractivity contribution in [3.8, 4) is 0 Å². The lowest BCUT2D eigenvalue weighted by molar-refractivity contribution is 0.0690. The minimum atomic E-state index is -1.13. The molecular weight excluding hydrogens is 296 g/mol. The number of carboxylic acid groups (broad SMARTS) is 1. The molecule has 0 aliphatic carbocycles. The molecule has 2 N–H and O–H groups in total. The highest BCUT2D eigenvalue weighted by atomic mass is 16.4. The molecule has 0 aliphatic rings. The number of aryl methyl sites for hydroxylation is 1. The Bertz CT molecular complexity index is 709. The van der Waals surface area contributed by atoms with Crippen molar-refractivity contribution in [3.05, 3.63) is 47.5 Å². The Balaban J connectivity index is 2.28. The van der Waals surface area contributed by atoms with Gasteiger partial charge in [0.2, 0.25) is 0 Å². The molecule has 7 heteroatoms. The second kappa shape index (κ2) is 7.04. The molecule has 1 heterocycles. The van der Waals surface area contributed by atoms with Gasteiger partial charge in [-0.2, -0.15) is 5.10 Å². The summed E-state index contributed by atoms with van der Waals surface area (Å²) < 4.78 is 1.61. The highest BCUT2D eigenvalue weighted by molar-refractivity contribution is 6.04. The number of carbonyl (C=O) groups excluding carboxylic acids is 1. The van der Waals surface area contributed by atoms with Gasteiger partial charge in [-0.1, -0.05) is 26.0 Å². The second-order valence-corrected chi connectivity index (χ2v) is 5.75. The maximum atomic E-state index is 12.5. The number of amides is 1. The molecule has 1 atom stereocenters. The Morgan fingerprint density at radius 2 is 1.91 bits per heavy atom. The summed E-state index contributed by atoms with van der Waals surface area (Å²) in [6.07, 6.45) is 2.10. The molecule has 0 radical (unpaired) electrons. The van der Waals surface area contributed by atoms with E-state index in [0.29, 0.717) is 18.2 Å². The molecule has 2 aromatic rings. The third kappa shape index (κ3) is 3.94. The molecule has 7 nitrogen and oxygen atoms in total. The number of aromatic nitrogens is 3. The number of aromatic carboxylic acids is 1. The number of rotatable bonds is 6. The number of nitrogens with zero attached hydrogens (tertiary/aromatic N) is 3. The predicted molar refractivity (Wildman–Crippen MR) is 84.1 cm³/mol. The van der Waals surface area contributed by atoms with Crippen LogP contribution in [0.15, 0.2) is 30.6 Å². The average Bonchev–Trinajstić information content (AvgIpc) is 2.92. The zero-order valence-electron chi connectivity index (χ0n) is 13.4. The second-order valence-electron chi connectivity index (χ2n) is 5.75. The van der Waals surface area contributed by atoms with Crippen LogP contribution in [-0.2, 0) is 7.05 Å². The van der Waals surface area contributed by atoms with Gasteiger partial charge in [0.1, 0.15) is 12.2 Å². The summed E-state index contributed by atoms with van der Waals surface area (Å²) in [6.45, 7) is 4.08. The molecule has 0 bridgehead atoms. The van der Waals surface area contributed by atoms with E-state index in [1.807, 2.05) is 13.8 Å². The van der Waals surface area contributed by atoms with Crippen molar-refractivity contribution < 1.29 is 14.7 Å². The van der Waals surface area contributed by atoms with Crippen molar-refractivity contribution in [2.45, 2.75) is 26.3 Å². The fourth-order valence-corrected chi connectivity index (χ4v) is 2.42. The quantitative estimate of drug-likeness (QED) is 0.850. The van der Waals surface area contributed by atoms with Gasteiger partial charge in [0.05, 0.1) is 17.2 Å². The Kier molecular flexibility index (Phi) is 5.10. The predicted octanol–water partition coefficient (Wildman–Crippen LogP) is 2.03. The third-order valence-corrected chi connectivity index (χ3v) is 3.47. The van der Waals surface area contributed by atoms with E-state index in [0.717, 1.165) is 0 Å². The molecule has 2 rings (SSSR count). The van der Waals surface area contributed by atoms with Crippen LogP contribution in [0.2, 0.25) is 0 Å². The van der Waals surface area contributed by atoms with Gasteiger partial charge in [0.25, 0.3) is 5.91 Å². The van der Waals surface area contributed by atoms with Gasteiger partial charge in [-0.25, -0.2) is 9.78 Å². The lowest BCUT2D eigenvalue weighted by atomic mass is 10.0. The number of benzene rings is 1. The lowest BCUT2D eigenvalue weighted by Gasteiger charge is -2.20. The normalized spacial score (nSPS) is 12.2. The summed E-state index contributed by atoms with van der Waals surface area (Å²) in [5.41, 5.74) is 0.113. The van der Waals surface area contributed by atoms with Crippen LogP contribution < -0.4 is 5.32 Å². The standard InChI is InChI=1S/C16H20N4O3/c1-10(2)8-13(14-17-9-18-20(14)3)19-15(21)11-6-4-5-7-12(11)16(22)23/h4-7,9-10,13H,8H2,1-3H3,(H,19,21)(H,22,23)/t13-/m1/s1. The van der Waals surface area contributed by atoms with Gasteiger partial charge in [-0.3, -0.25) is 9.48 Å². The SMILES string of the molecule is CC(C)C[C@@H](NC(=O)c1ccccc1C(=O)O)c1ncnn1C. The Hall–Kier alpha value is -2.70. The van der Waals surface area contributed by atoms with Gasteiger partial charge < -0.3 is 10.4 Å². The summed E-state index contributed by atoms with van der Waals surface area (Å²) >= 11 is 0. The highest BCUT2D eigenvalue weighted by Crippen LogP contribution is 2.20. The van der Waals surface area contributed by atoms with Crippen LogP contribution in [0.25, 0.3) is 0 Å². The van der Waals surface area contributed by atoms with Crippen LogP contribution in [-0.4, -0.2) is 31.7 Å². The van der Waals surface area contributed by atoms with Gasteiger partial charge >= 0.3 is 5.97 Å². The first-order valence-electron chi connectivity index (χ1n) is 7.37. The van der Waals surface area contributed by atoms with E-state index in [2.05, 4.69) is 15.4 Å². The first-order valence-corrected chi connectivity index (χ1v) is 7.37. The number of carboxylic acids is 1. The van der Waals surface area contributed by atoms with Crippen molar-refractivity contribution in [2.75, 3.05) is 0 Å². The molecule has 1 aromatic carbocycles. The first-order chi connectivity index (χ1) is 10.9. The fraction of sp³-hybridized carbons (Fsp3) is 0.375. The Morgan fingerprint density at radius 1 is 1.26 bits per heavy atom. The molecule has 0 fully saturated rings. The van der Waals surface area contributed by atoms with Gasteiger partial charge in [-0.05, 0) is 24.5 Å². The summed E-state index contributed by atoms with van der Waals surface area (Å²) in [4.78, 5) is 28.0. The fourth-order valence-electron chi connectivity index (χ4n) is 2.42. The van der Waals surface area contributed by atoms with E-state index in [4.69, 9.17) is 0 Å². The summed E-state index contributed by atoms with van der Waals surface area (Å²) in [7, 11) is 1.76. The number of hydrogen-bond donors (Lipinski definition) is 2. The molecule has 0 spiro atoms. The number of hydrogen-bond acceptors (Lipinski definition) is 4. The Morgan fingerprint density at radius 3 is 2.43 bits per heavy atom. The lowest BCUT2D eigenvalue weighted by Crippen LogP contribution is -2.32. The van der Waals surface area contributed by atoms with Crippen molar-refractivity contribution in [2.24, 2.45) is 13.0 Å². The van der Waals surface area contributed by atoms with E-state index in [-0.39, 0.29) is 17.2 Å². The number of carbonyl (C=O) groups is 2. The van der Waals surface area contributed by atoms with Crippen LogP contribution in [0, 0.1) is 5.92 Å². The van der Waals surface area contributed by atoms with Crippen molar-refractivity contribution >= 4 is 11.9 Å². The average molecular weight is 316 g/mol. The molecule has 1 aromatic heterocycles. The molecule has 0 saturated heterocycles. The van der Waals surface area contributed by atoms with E-state index in [1.54, 1.807) is 23.9 Å². The van der Waals surface area contributed by atoms with Gasteiger partial charge in [0, 0.05) is 7.05 Å². The topological polar surface area (TPSA) is 97.1 Å². The zero-order chi connectivity index (χ0) is 17.0. The zero-order valence-corrected chi connectivity index (χ0v) is 13.4. The molecule has 0 aliphatic heterocycles. The van der Waals surface area contributed by atoms with Crippen LogP contribution in [0.3, 0.4) is 0 Å². The molecule has 0 saturated carbocycles. The first kappa shape index (κ1) is 16.7. The molecule has 122 valence electrons. The summed E-state index contributed by atoms with van der Waals surface area (Å²) in [5, 5.41) is 16.1. The third-order valence-electron chi connectivity index (χ3n) is 3.47.